The van der Waals surface area contributed by atoms with E-state index in [1.165, 1.54) is 0 Å². The minimum absolute atomic E-state index is 0.0462. The van der Waals surface area contributed by atoms with Crippen LogP contribution in [0.3, 0.4) is 0 Å². The number of hydrogen-bond donors (Lipinski definition) is 0. The van der Waals surface area contributed by atoms with Crippen molar-refractivity contribution in [3.63, 3.8) is 0 Å². The fourth-order valence-corrected chi connectivity index (χ4v) is 2.29. The van der Waals surface area contributed by atoms with Crippen LogP contribution in [0.2, 0.25) is 0 Å². The molecular weight excluding hydrogens is 268 g/mol. The summed E-state index contributed by atoms with van der Waals surface area (Å²) >= 11 is 0. The molecule has 1 aliphatic rings. The van der Waals surface area contributed by atoms with Crippen LogP contribution in [0, 0.1) is 5.92 Å². The van der Waals surface area contributed by atoms with Crippen molar-refractivity contribution >= 4 is 5.91 Å². The third-order valence-corrected chi connectivity index (χ3v) is 3.45. The normalized spacial score (nSPS) is 17.9. The predicted molar refractivity (Wildman–Crippen MR) is 80.5 cm³/mol. The van der Waals surface area contributed by atoms with Gasteiger partial charge in [-0.05, 0) is 31.9 Å². The van der Waals surface area contributed by atoms with Gasteiger partial charge in [-0.25, -0.2) is 4.98 Å². The van der Waals surface area contributed by atoms with Crippen LogP contribution in [-0.4, -0.2) is 47.7 Å². The molecule has 0 saturated carbocycles. The van der Waals surface area contributed by atoms with Gasteiger partial charge >= 0.3 is 0 Å². The smallest absolute Gasteiger partial charge is 0.259 e. The molecule has 2 heterocycles. The Morgan fingerprint density at radius 1 is 1.52 bits per heavy atom. The Labute approximate surface area is 126 Å². The second-order valence-electron chi connectivity index (χ2n) is 6.38. The van der Waals surface area contributed by atoms with Crippen LogP contribution in [0.1, 0.15) is 38.1 Å². The minimum Gasteiger partial charge on any atom is -0.477 e. The summed E-state index contributed by atoms with van der Waals surface area (Å²) in [5, 5.41) is 0. The number of hydrogen-bond acceptors (Lipinski definition) is 4. The van der Waals surface area contributed by atoms with Gasteiger partial charge in [0.05, 0.1) is 25.4 Å². The molecule has 0 bridgehead atoms. The number of pyridine rings is 1. The second-order valence-corrected chi connectivity index (χ2v) is 6.38. The predicted octanol–water partition coefficient (Wildman–Crippen LogP) is 2.37. The molecule has 1 aromatic rings. The van der Waals surface area contributed by atoms with Gasteiger partial charge in [0.25, 0.3) is 5.91 Å². The quantitative estimate of drug-likeness (QED) is 0.855. The lowest BCUT2D eigenvalue weighted by atomic mass is 10.0. The Hall–Kier alpha value is -1.62. The van der Waals surface area contributed by atoms with Crippen LogP contribution in [-0.2, 0) is 4.74 Å². The summed E-state index contributed by atoms with van der Waals surface area (Å²) in [4.78, 5) is 18.9. The lowest BCUT2D eigenvalue weighted by molar-refractivity contribution is -0.0372. The highest BCUT2D eigenvalue weighted by molar-refractivity contribution is 5.96. The molecule has 2 rings (SSSR count). The van der Waals surface area contributed by atoms with Gasteiger partial charge in [0.1, 0.15) is 5.56 Å². The number of morpholine rings is 1. The fourth-order valence-electron chi connectivity index (χ4n) is 2.29. The zero-order valence-electron chi connectivity index (χ0n) is 13.3. The van der Waals surface area contributed by atoms with Crippen molar-refractivity contribution in [3.05, 3.63) is 23.9 Å². The summed E-state index contributed by atoms with van der Waals surface area (Å²) in [7, 11) is 0. The summed E-state index contributed by atoms with van der Waals surface area (Å²) in [5.41, 5.74) is 0.202. The number of nitrogens with zero attached hydrogens (tertiary/aromatic N) is 2. The Balaban J connectivity index is 2.22. The maximum atomic E-state index is 12.8. The van der Waals surface area contributed by atoms with Gasteiger partial charge in [-0.2, -0.15) is 0 Å². The Bertz CT molecular complexity index is 500. The first-order chi connectivity index (χ1) is 9.92. The van der Waals surface area contributed by atoms with Crippen LogP contribution in [0.5, 0.6) is 5.88 Å². The standard InChI is InChI=1S/C16H24N2O3/c1-12(2)10-21-14-13(6-5-7-17-14)15(19)18-8-9-20-11-16(18,3)4/h5-7,12H,8-11H2,1-4H3. The van der Waals surface area contributed by atoms with Crippen molar-refractivity contribution in [2.45, 2.75) is 33.2 Å². The number of amides is 1. The average Bonchev–Trinajstić information content (AvgIpc) is 2.44. The van der Waals surface area contributed by atoms with Gasteiger partial charge in [-0.3, -0.25) is 4.79 Å². The molecule has 0 spiro atoms. The van der Waals surface area contributed by atoms with Gasteiger partial charge in [-0.15, -0.1) is 0 Å². The maximum absolute atomic E-state index is 12.8. The van der Waals surface area contributed by atoms with Crippen LogP contribution >= 0.6 is 0 Å². The van der Waals surface area contributed by atoms with E-state index in [0.717, 1.165) is 0 Å². The first kappa shape index (κ1) is 15.8. The third kappa shape index (κ3) is 3.73. The number of ether oxygens (including phenoxy) is 2. The number of carbonyl (C=O) groups excluding carboxylic acids is 1. The van der Waals surface area contributed by atoms with Gasteiger partial charge in [0, 0.05) is 12.7 Å². The molecule has 0 aliphatic carbocycles. The third-order valence-electron chi connectivity index (χ3n) is 3.45. The highest BCUT2D eigenvalue weighted by atomic mass is 16.5. The summed E-state index contributed by atoms with van der Waals surface area (Å²) in [5.74, 6) is 0.753. The Kier molecular flexibility index (Phi) is 4.83. The second kappa shape index (κ2) is 6.43. The van der Waals surface area contributed by atoms with Crippen LogP contribution in [0.15, 0.2) is 18.3 Å². The molecule has 0 N–H and O–H groups in total. The lowest BCUT2D eigenvalue weighted by Gasteiger charge is -2.42. The number of rotatable bonds is 4. The fraction of sp³-hybridized carbons (Fsp3) is 0.625. The summed E-state index contributed by atoms with van der Waals surface area (Å²) < 4.78 is 11.2. The zero-order valence-corrected chi connectivity index (χ0v) is 13.3. The highest BCUT2D eigenvalue weighted by Crippen LogP contribution is 2.25. The molecule has 0 unspecified atom stereocenters. The van der Waals surface area contributed by atoms with Crippen LogP contribution in [0.4, 0.5) is 0 Å². The van der Waals surface area contributed by atoms with E-state index in [9.17, 15) is 4.79 Å². The van der Waals surface area contributed by atoms with Crippen molar-refractivity contribution < 1.29 is 14.3 Å². The van der Waals surface area contributed by atoms with Gasteiger partial charge in [-0.1, -0.05) is 13.8 Å². The van der Waals surface area contributed by atoms with E-state index >= 15 is 0 Å². The first-order valence-corrected chi connectivity index (χ1v) is 7.39. The largest absolute Gasteiger partial charge is 0.477 e. The van der Waals surface area contributed by atoms with Crippen molar-refractivity contribution in [1.29, 1.82) is 0 Å². The summed E-state index contributed by atoms with van der Waals surface area (Å²) in [6.07, 6.45) is 1.65. The summed E-state index contributed by atoms with van der Waals surface area (Å²) in [6.45, 7) is 10.4. The molecule has 1 amide bonds. The maximum Gasteiger partial charge on any atom is 0.259 e. The van der Waals surface area contributed by atoms with Gasteiger partial charge < -0.3 is 14.4 Å². The molecule has 5 heteroatoms. The lowest BCUT2D eigenvalue weighted by Crippen LogP contribution is -2.55. The number of carbonyl (C=O) groups is 1. The Morgan fingerprint density at radius 3 is 2.95 bits per heavy atom. The van der Waals surface area contributed by atoms with Crippen molar-refractivity contribution in [3.8, 4) is 5.88 Å². The van der Waals surface area contributed by atoms with E-state index in [0.29, 0.717) is 43.7 Å². The monoisotopic (exact) mass is 292 g/mol. The molecule has 0 atom stereocenters. The van der Waals surface area contributed by atoms with E-state index in [2.05, 4.69) is 18.8 Å². The average molecular weight is 292 g/mol. The molecule has 116 valence electrons. The van der Waals surface area contributed by atoms with Gasteiger partial charge in [0.15, 0.2) is 0 Å². The molecule has 1 fully saturated rings. The molecule has 1 aromatic heterocycles. The van der Waals surface area contributed by atoms with E-state index in [1.54, 1.807) is 18.3 Å². The molecule has 21 heavy (non-hydrogen) atoms. The molecular formula is C16H24N2O3. The zero-order chi connectivity index (χ0) is 15.5. The van der Waals surface area contributed by atoms with Crippen molar-refractivity contribution in [2.24, 2.45) is 5.92 Å². The van der Waals surface area contributed by atoms with Crippen molar-refractivity contribution in [1.82, 2.24) is 9.88 Å². The van der Waals surface area contributed by atoms with E-state index < -0.39 is 0 Å². The van der Waals surface area contributed by atoms with Crippen LogP contribution < -0.4 is 4.74 Å². The molecule has 0 radical (unpaired) electrons. The Morgan fingerprint density at radius 2 is 2.29 bits per heavy atom. The molecule has 1 aliphatic heterocycles. The molecule has 0 aromatic carbocycles. The van der Waals surface area contributed by atoms with E-state index in [1.807, 2.05) is 18.7 Å². The SMILES string of the molecule is CC(C)COc1ncccc1C(=O)N1CCOCC1(C)C. The van der Waals surface area contributed by atoms with Crippen LogP contribution in [0.25, 0.3) is 0 Å². The minimum atomic E-state index is -0.319. The van der Waals surface area contributed by atoms with E-state index in [4.69, 9.17) is 9.47 Å². The van der Waals surface area contributed by atoms with Crippen molar-refractivity contribution in [2.75, 3.05) is 26.4 Å². The van der Waals surface area contributed by atoms with E-state index in [-0.39, 0.29) is 11.4 Å². The van der Waals surface area contributed by atoms with Gasteiger partial charge in [0.2, 0.25) is 5.88 Å². The molecule has 1 saturated heterocycles. The highest BCUT2D eigenvalue weighted by Gasteiger charge is 2.35. The molecule has 5 nitrogen and oxygen atoms in total. The number of aromatic nitrogens is 1. The topological polar surface area (TPSA) is 51.7 Å². The summed E-state index contributed by atoms with van der Waals surface area (Å²) in [6, 6.07) is 3.54. The first-order valence-electron chi connectivity index (χ1n) is 7.39.